The Hall–Kier alpha value is -2.94. The highest BCUT2D eigenvalue weighted by Crippen LogP contribution is 2.23. The number of rotatable bonds is 8. The number of benzene rings is 3. The van der Waals surface area contributed by atoms with Crippen LogP contribution in [-0.2, 0) is 0 Å². The van der Waals surface area contributed by atoms with Crippen LogP contribution in [0.2, 0.25) is 0 Å². The van der Waals surface area contributed by atoms with E-state index in [9.17, 15) is 0 Å². The lowest BCUT2D eigenvalue weighted by Gasteiger charge is -2.20. The van der Waals surface area contributed by atoms with Crippen molar-refractivity contribution in [2.75, 3.05) is 11.9 Å². The predicted octanol–water partition coefficient (Wildman–Crippen LogP) is 6.06. The van der Waals surface area contributed by atoms with Gasteiger partial charge in [-0.05, 0) is 61.4 Å². The van der Waals surface area contributed by atoms with Crippen LogP contribution in [0.3, 0.4) is 0 Å². The van der Waals surface area contributed by atoms with Gasteiger partial charge in [-0.3, -0.25) is 0 Å². The molecule has 0 saturated carbocycles. The third kappa shape index (κ3) is 5.03. The predicted molar refractivity (Wildman–Crippen MR) is 107 cm³/mol. The van der Waals surface area contributed by atoms with Crippen LogP contribution in [0.25, 0.3) is 0 Å². The van der Waals surface area contributed by atoms with Crippen molar-refractivity contribution in [2.45, 2.75) is 26.4 Å². The fraction of sp³-hybridized carbons (Fsp3) is 0.217. The minimum atomic E-state index is 0.122. The SMILES string of the molecule is CCC(CNc1ccc(Oc2ccccc2)cc1)Oc1ccccc1C. The number of hydrogen-bond acceptors (Lipinski definition) is 3. The maximum Gasteiger partial charge on any atom is 0.127 e. The first-order chi connectivity index (χ1) is 12.7. The third-order valence-electron chi connectivity index (χ3n) is 4.21. The minimum Gasteiger partial charge on any atom is -0.488 e. The molecule has 0 spiro atoms. The van der Waals surface area contributed by atoms with Gasteiger partial charge >= 0.3 is 0 Å². The summed E-state index contributed by atoms with van der Waals surface area (Å²) in [5.41, 5.74) is 2.21. The molecule has 0 fully saturated rings. The molecule has 1 atom stereocenters. The Bertz CT molecular complexity index is 800. The van der Waals surface area contributed by atoms with Crippen molar-refractivity contribution in [3.63, 3.8) is 0 Å². The first-order valence-corrected chi connectivity index (χ1v) is 9.03. The standard InChI is InChI=1S/C23H25NO2/c1-3-20(26-23-12-8-7-9-18(23)2)17-24-19-13-15-22(16-14-19)25-21-10-5-4-6-11-21/h4-16,20,24H,3,17H2,1-2H3. The summed E-state index contributed by atoms with van der Waals surface area (Å²) in [6, 6.07) is 25.9. The van der Waals surface area contributed by atoms with Gasteiger partial charge in [0.1, 0.15) is 23.4 Å². The monoisotopic (exact) mass is 347 g/mol. The highest BCUT2D eigenvalue weighted by atomic mass is 16.5. The van der Waals surface area contributed by atoms with Crippen LogP contribution in [-0.4, -0.2) is 12.6 Å². The highest BCUT2D eigenvalue weighted by Gasteiger charge is 2.09. The van der Waals surface area contributed by atoms with Gasteiger partial charge in [0.15, 0.2) is 0 Å². The molecule has 0 radical (unpaired) electrons. The molecule has 0 heterocycles. The molecule has 3 rings (SSSR count). The van der Waals surface area contributed by atoms with Crippen LogP contribution in [0.4, 0.5) is 5.69 Å². The first-order valence-electron chi connectivity index (χ1n) is 9.03. The molecule has 0 aliphatic carbocycles. The molecule has 3 nitrogen and oxygen atoms in total. The van der Waals surface area contributed by atoms with Gasteiger partial charge in [-0.1, -0.05) is 43.3 Å². The van der Waals surface area contributed by atoms with Crippen molar-refractivity contribution in [3.8, 4) is 17.2 Å². The largest absolute Gasteiger partial charge is 0.488 e. The Morgan fingerprint density at radius 1 is 0.808 bits per heavy atom. The molecule has 134 valence electrons. The number of hydrogen-bond donors (Lipinski definition) is 1. The fourth-order valence-electron chi connectivity index (χ4n) is 2.63. The van der Waals surface area contributed by atoms with Crippen LogP contribution in [0, 0.1) is 6.92 Å². The van der Waals surface area contributed by atoms with Gasteiger partial charge in [-0.25, -0.2) is 0 Å². The Morgan fingerprint density at radius 2 is 1.46 bits per heavy atom. The Kier molecular flexibility index (Phi) is 6.15. The summed E-state index contributed by atoms with van der Waals surface area (Å²) < 4.78 is 12.0. The fourth-order valence-corrected chi connectivity index (χ4v) is 2.63. The summed E-state index contributed by atoms with van der Waals surface area (Å²) in [4.78, 5) is 0. The van der Waals surface area contributed by atoms with E-state index < -0.39 is 0 Å². The topological polar surface area (TPSA) is 30.5 Å². The van der Waals surface area contributed by atoms with E-state index in [4.69, 9.17) is 9.47 Å². The zero-order valence-electron chi connectivity index (χ0n) is 15.3. The van der Waals surface area contributed by atoms with Crippen LogP contribution in [0.5, 0.6) is 17.2 Å². The maximum atomic E-state index is 6.13. The van der Waals surface area contributed by atoms with E-state index in [0.29, 0.717) is 0 Å². The van der Waals surface area contributed by atoms with Gasteiger partial charge in [-0.2, -0.15) is 0 Å². The number of nitrogens with one attached hydrogen (secondary N) is 1. The first kappa shape index (κ1) is 17.9. The Balaban J connectivity index is 1.54. The smallest absolute Gasteiger partial charge is 0.127 e. The van der Waals surface area contributed by atoms with E-state index >= 15 is 0 Å². The van der Waals surface area contributed by atoms with Crippen molar-refractivity contribution in [1.29, 1.82) is 0 Å². The van der Waals surface area contributed by atoms with Crippen LogP contribution in [0.1, 0.15) is 18.9 Å². The maximum absolute atomic E-state index is 6.13. The molecule has 0 aromatic heterocycles. The van der Waals surface area contributed by atoms with Gasteiger partial charge in [-0.15, -0.1) is 0 Å². The van der Waals surface area contributed by atoms with E-state index in [-0.39, 0.29) is 6.10 Å². The summed E-state index contributed by atoms with van der Waals surface area (Å²) in [5, 5.41) is 3.45. The molecule has 0 aliphatic heterocycles. The zero-order valence-corrected chi connectivity index (χ0v) is 15.3. The van der Waals surface area contributed by atoms with E-state index in [2.05, 4.69) is 25.2 Å². The summed E-state index contributed by atoms with van der Waals surface area (Å²) in [7, 11) is 0. The number of aryl methyl sites for hydroxylation is 1. The van der Waals surface area contributed by atoms with Gasteiger partial charge in [0.25, 0.3) is 0 Å². The van der Waals surface area contributed by atoms with Crippen LogP contribution < -0.4 is 14.8 Å². The number of anilines is 1. The average Bonchev–Trinajstić information content (AvgIpc) is 2.68. The van der Waals surface area contributed by atoms with Crippen LogP contribution in [0.15, 0.2) is 78.9 Å². The van der Waals surface area contributed by atoms with E-state index in [1.165, 1.54) is 0 Å². The molecule has 3 aromatic rings. The molecule has 0 aliphatic rings. The second kappa shape index (κ2) is 8.95. The van der Waals surface area contributed by atoms with Crippen molar-refractivity contribution in [2.24, 2.45) is 0 Å². The lowest BCUT2D eigenvalue weighted by Crippen LogP contribution is -2.25. The molecule has 0 saturated heterocycles. The molecule has 26 heavy (non-hydrogen) atoms. The lowest BCUT2D eigenvalue weighted by molar-refractivity contribution is 0.208. The molecule has 1 N–H and O–H groups in total. The lowest BCUT2D eigenvalue weighted by atomic mass is 10.2. The number of para-hydroxylation sites is 2. The van der Waals surface area contributed by atoms with E-state index in [1.807, 2.05) is 72.8 Å². The van der Waals surface area contributed by atoms with E-state index in [0.717, 1.165) is 41.5 Å². The molecular weight excluding hydrogens is 322 g/mol. The molecule has 0 bridgehead atoms. The molecular formula is C23H25NO2. The molecule has 3 aromatic carbocycles. The zero-order chi connectivity index (χ0) is 18.2. The molecule has 3 heteroatoms. The normalized spacial score (nSPS) is 11.6. The van der Waals surface area contributed by atoms with Gasteiger partial charge < -0.3 is 14.8 Å². The molecule has 0 amide bonds. The summed E-state index contributed by atoms with van der Waals surface area (Å²) >= 11 is 0. The Labute approximate surface area is 155 Å². The van der Waals surface area contributed by atoms with Gasteiger partial charge in [0.05, 0.1) is 6.54 Å². The average molecular weight is 347 g/mol. The highest BCUT2D eigenvalue weighted by molar-refractivity contribution is 5.47. The van der Waals surface area contributed by atoms with Crippen molar-refractivity contribution < 1.29 is 9.47 Å². The second-order valence-corrected chi connectivity index (χ2v) is 6.23. The van der Waals surface area contributed by atoms with Crippen molar-refractivity contribution in [1.82, 2.24) is 0 Å². The van der Waals surface area contributed by atoms with Crippen molar-refractivity contribution in [3.05, 3.63) is 84.4 Å². The summed E-state index contributed by atoms with van der Waals surface area (Å²) in [5.74, 6) is 2.61. The van der Waals surface area contributed by atoms with Crippen LogP contribution >= 0.6 is 0 Å². The van der Waals surface area contributed by atoms with Gasteiger partial charge in [0, 0.05) is 5.69 Å². The van der Waals surface area contributed by atoms with Crippen molar-refractivity contribution >= 4 is 5.69 Å². The summed E-state index contributed by atoms with van der Waals surface area (Å²) in [6.45, 7) is 4.96. The number of ether oxygens (including phenoxy) is 2. The quantitative estimate of drug-likeness (QED) is 0.537. The second-order valence-electron chi connectivity index (χ2n) is 6.23. The third-order valence-corrected chi connectivity index (χ3v) is 4.21. The Morgan fingerprint density at radius 3 is 2.15 bits per heavy atom. The van der Waals surface area contributed by atoms with Gasteiger partial charge in [0.2, 0.25) is 0 Å². The minimum absolute atomic E-state index is 0.122. The van der Waals surface area contributed by atoms with E-state index in [1.54, 1.807) is 0 Å². The molecule has 1 unspecified atom stereocenters. The summed E-state index contributed by atoms with van der Waals surface area (Å²) in [6.07, 6.45) is 1.06.